The van der Waals surface area contributed by atoms with Gasteiger partial charge in [0, 0.05) is 26.2 Å². The van der Waals surface area contributed by atoms with E-state index in [9.17, 15) is 9.18 Å². The molecule has 0 aromatic heterocycles. The Balaban J connectivity index is 1.70. The second kappa shape index (κ2) is 6.37. The van der Waals surface area contributed by atoms with Gasteiger partial charge in [0.05, 0.1) is 0 Å². The summed E-state index contributed by atoms with van der Waals surface area (Å²) in [5, 5.41) is 0. The van der Waals surface area contributed by atoms with E-state index < -0.39 is 5.60 Å². The number of carbonyl (C=O) groups is 1. The first-order chi connectivity index (χ1) is 11.3. The van der Waals surface area contributed by atoms with Gasteiger partial charge < -0.3 is 24.0 Å². The van der Waals surface area contributed by atoms with Crippen LogP contribution in [0.3, 0.4) is 0 Å². The van der Waals surface area contributed by atoms with Crippen molar-refractivity contribution in [2.45, 2.75) is 26.4 Å². The third-order valence-electron chi connectivity index (χ3n) is 3.88. The van der Waals surface area contributed by atoms with Crippen molar-refractivity contribution in [2.24, 2.45) is 0 Å². The maximum Gasteiger partial charge on any atom is 0.410 e. The van der Waals surface area contributed by atoms with Crippen LogP contribution in [0.15, 0.2) is 12.1 Å². The highest BCUT2D eigenvalue weighted by Gasteiger charge is 2.30. The zero-order valence-corrected chi connectivity index (χ0v) is 14.3. The van der Waals surface area contributed by atoms with Crippen LogP contribution in [0.1, 0.15) is 20.8 Å². The highest BCUT2D eigenvalue weighted by Crippen LogP contribution is 2.41. The third-order valence-corrected chi connectivity index (χ3v) is 3.88. The van der Waals surface area contributed by atoms with Gasteiger partial charge in [-0.15, -0.1) is 0 Å². The number of hydrogen-bond donors (Lipinski definition) is 0. The minimum Gasteiger partial charge on any atom is -0.486 e. The number of rotatable bonds is 1. The number of nitrogens with zero attached hydrogens (tertiary/aromatic N) is 2. The second-order valence-corrected chi connectivity index (χ2v) is 6.87. The van der Waals surface area contributed by atoms with Gasteiger partial charge in [0.15, 0.2) is 17.3 Å². The van der Waals surface area contributed by atoms with Crippen molar-refractivity contribution in [2.75, 3.05) is 44.3 Å². The first kappa shape index (κ1) is 16.7. The Morgan fingerprint density at radius 3 is 2.46 bits per heavy atom. The Kier molecular flexibility index (Phi) is 4.43. The average molecular weight is 338 g/mol. The first-order valence-corrected chi connectivity index (χ1v) is 8.16. The van der Waals surface area contributed by atoms with Gasteiger partial charge in [-0.3, -0.25) is 0 Å². The molecule has 6 nitrogen and oxygen atoms in total. The summed E-state index contributed by atoms with van der Waals surface area (Å²) in [4.78, 5) is 15.7. The SMILES string of the molecule is CC(C)(C)OC(=O)N1CCN(c2c(F)ccc3c2OCCO3)CC1. The number of anilines is 1. The summed E-state index contributed by atoms with van der Waals surface area (Å²) >= 11 is 0. The molecule has 2 heterocycles. The second-order valence-electron chi connectivity index (χ2n) is 6.87. The number of amides is 1. The van der Waals surface area contributed by atoms with E-state index in [0.29, 0.717) is 56.6 Å². The van der Waals surface area contributed by atoms with Gasteiger partial charge in [-0.25, -0.2) is 9.18 Å². The van der Waals surface area contributed by atoms with E-state index in [4.69, 9.17) is 14.2 Å². The molecule has 1 aromatic carbocycles. The molecule has 3 rings (SSSR count). The molecule has 132 valence electrons. The maximum atomic E-state index is 14.4. The summed E-state index contributed by atoms with van der Waals surface area (Å²) in [6, 6.07) is 2.98. The van der Waals surface area contributed by atoms with E-state index in [0.717, 1.165) is 0 Å². The van der Waals surface area contributed by atoms with E-state index in [1.807, 2.05) is 25.7 Å². The molecule has 0 bridgehead atoms. The molecule has 1 aromatic rings. The molecule has 1 amide bonds. The molecule has 2 aliphatic rings. The summed E-state index contributed by atoms with van der Waals surface area (Å²) in [7, 11) is 0. The topological polar surface area (TPSA) is 51.2 Å². The zero-order chi connectivity index (χ0) is 17.3. The van der Waals surface area contributed by atoms with Gasteiger partial charge in [-0.05, 0) is 32.9 Å². The molecule has 1 fully saturated rings. The smallest absolute Gasteiger partial charge is 0.410 e. The van der Waals surface area contributed by atoms with Gasteiger partial charge in [0.2, 0.25) is 0 Å². The number of carbonyl (C=O) groups excluding carboxylic acids is 1. The van der Waals surface area contributed by atoms with Crippen LogP contribution < -0.4 is 14.4 Å². The Hall–Kier alpha value is -2.18. The molecule has 1 saturated heterocycles. The molecule has 0 spiro atoms. The van der Waals surface area contributed by atoms with Crippen LogP contribution in [0.25, 0.3) is 0 Å². The van der Waals surface area contributed by atoms with E-state index in [-0.39, 0.29) is 11.9 Å². The summed E-state index contributed by atoms with van der Waals surface area (Å²) in [6.45, 7) is 8.34. The fraction of sp³-hybridized carbons (Fsp3) is 0.588. The summed E-state index contributed by atoms with van der Waals surface area (Å²) < 4.78 is 30.9. The molecule has 0 saturated carbocycles. The van der Waals surface area contributed by atoms with Crippen LogP contribution in [-0.4, -0.2) is 56.0 Å². The fourth-order valence-electron chi connectivity index (χ4n) is 2.81. The van der Waals surface area contributed by atoms with E-state index in [1.54, 1.807) is 11.0 Å². The molecule has 0 atom stereocenters. The van der Waals surface area contributed by atoms with Gasteiger partial charge >= 0.3 is 6.09 Å². The number of ether oxygens (including phenoxy) is 3. The predicted octanol–water partition coefficient (Wildman–Crippen LogP) is 2.65. The first-order valence-electron chi connectivity index (χ1n) is 8.16. The maximum absolute atomic E-state index is 14.4. The lowest BCUT2D eigenvalue weighted by atomic mass is 10.2. The van der Waals surface area contributed by atoms with Crippen molar-refractivity contribution in [3.05, 3.63) is 17.9 Å². The number of benzene rings is 1. The lowest BCUT2D eigenvalue weighted by molar-refractivity contribution is 0.0240. The number of halogens is 1. The molecule has 2 aliphatic heterocycles. The van der Waals surface area contributed by atoms with Crippen molar-refractivity contribution in [1.82, 2.24) is 4.90 Å². The van der Waals surface area contributed by atoms with Gasteiger partial charge in [0.25, 0.3) is 0 Å². The standard InChI is InChI=1S/C17H23FN2O4/c1-17(2,3)24-16(21)20-8-6-19(7-9-20)14-12(18)4-5-13-15(14)23-11-10-22-13/h4-5H,6-11H2,1-3H3. The van der Waals surface area contributed by atoms with Crippen LogP contribution in [0, 0.1) is 5.82 Å². The summed E-state index contributed by atoms with van der Waals surface area (Å²) in [6.07, 6.45) is -0.336. The van der Waals surface area contributed by atoms with Crippen LogP contribution >= 0.6 is 0 Å². The van der Waals surface area contributed by atoms with Crippen molar-refractivity contribution in [1.29, 1.82) is 0 Å². The van der Waals surface area contributed by atoms with E-state index in [2.05, 4.69) is 0 Å². The predicted molar refractivity (Wildman–Crippen MR) is 87.4 cm³/mol. The number of hydrogen-bond acceptors (Lipinski definition) is 5. The Bertz CT molecular complexity index is 622. The van der Waals surface area contributed by atoms with Crippen LogP contribution in [0.4, 0.5) is 14.9 Å². The molecular weight excluding hydrogens is 315 g/mol. The Morgan fingerprint density at radius 1 is 1.12 bits per heavy atom. The van der Waals surface area contributed by atoms with Crippen molar-refractivity contribution < 1.29 is 23.4 Å². The molecule has 0 N–H and O–H groups in total. The zero-order valence-electron chi connectivity index (χ0n) is 14.3. The normalized spacial score (nSPS) is 17.7. The largest absolute Gasteiger partial charge is 0.486 e. The Labute approximate surface area is 141 Å². The van der Waals surface area contributed by atoms with Crippen LogP contribution in [-0.2, 0) is 4.74 Å². The monoisotopic (exact) mass is 338 g/mol. The highest BCUT2D eigenvalue weighted by atomic mass is 19.1. The summed E-state index contributed by atoms with van der Waals surface area (Å²) in [5.41, 5.74) is -0.111. The van der Waals surface area contributed by atoms with Crippen LogP contribution in [0.5, 0.6) is 11.5 Å². The lowest BCUT2D eigenvalue weighted by Crippen LogP contribution is -2.50. The third kappa shape index (κ3) is 3.49. The van der Waals surface area contributed by atoms with Crippen LogP contribution in [0.2, 0.25) is 0 Å². The number of fused-ring (bicyclic) bond motifs is 1. The highest BCUT2D eigenvalue weighted by molar-refractivity contribution is 5.70. The molecule has 24 heavy (non-hydrogen) atoms. The minimum absolute atomic E-state index is 0.336. The van der Waals surface area contributed by atoms with E-state index >= 15 is 0 Å². The summed E-state index contributed by atoms with van der Waals surface area (Å²) in [5.74, 6) is 0.671. The molecule has 0 unspecified atom stereocenters. The fourth-order valence-corrected chi connectivity index (χ4v) is 2.81. The van der Waals surface area contributed by atoms with Gasteiger partial charge in [0.1, 0.15) is 24.5 Å². The molecular formula is C17H23FN2O4. The quantitative estimate of drug-likeness (QED) is 0.788. The van der Waals surface area contributed by atoms with Crippen molar-refractivity contribution in [3.63, 3.8) is 0 Å². The van der Waals surface area contributed by atoms with Crippen molar-refractivity contribution in [3.8, 4) is 11.5 Å². The molecule has 0 aliphatic carbocycles. The van der Waals surface area contributed by atoms with E-state index in [1.165, 1.54) is 6.07 Å². The molecule has 0 radical (unpaired) electrons. The average Bonchev–Trinajstić information content (AvgIpc) is 2.53. The number of piperazine rings is 1. The Morgan fingerprint density at radius 2 is 1.79 bits per heavy atom. The lowest BCUT2D eigenvalue weighted by Gasteiger charge is -2.37. The minimum atomic E-state index is -0.524. The van der Waals surface area contributed by atoms with Gasteiger partial charge in [-0.2, -0.15) is 0 Å². The van der Waals surface area contributed by atoms with Crippen molar-refractivity contribution >= 4 is 11.8 Å². The van der Waals surface area contributed by atoms with Gasteiger partial charge in [-0.1, -0.05) is 0 Å². The molecule has 7 heteroatoms.